The summed E-state index contributed by atoms with van der Waals surface area (Å²) in [4.78, 5) is 14.6. The number of likely N-dealkylation sites (tertiary alicyclic amines) is 1. The zero-order valence-corrected chi connectivity index (χ0v) is 16.8. The minimum Gasteiger partial charge on any atom is -0.491 e. The molecule has 1 unspecified atom stereocenters. The van der Waals surface area contributed by atoms with Gasteiger partial charge in [0.2, 0.25) is 0 Å². The van der Waals surface area contributed by atoms with Crippen LogP contribution >= 0.6 is 11.6 Å². The van der Waals surface area contributed by atoms with Crippen molar-refractivity contribution in [1.29, 1.82) is 0 Å². The Morgan fingerprint density at radius 1 is 1.19 bits per heavy atom. The number of carbonyl (C=O) groups is 1. The summed E-state index contributed by atoms with van der Waals surface area (Å²) in [7, 11) is 0. The molecule has 1 aliphatic rings. The Bertz CT molecular complexity index is 828. The summed E-state index contributed by atoms with van der Waals surface area (Å²) < 4.78 is 5.88. The number of hydrogen-bond acceptors (Lipinski definition) is 3. The highest BCUT2D eigenvalue weighted by Crippen LogP contribution is 2.28. The number of β-amino-alcohol motifs (C(OH)–C–C–N with tert-alkyl or cyclic N) is 1. The van der Waals surface area contributed by atoms with Crippen LogP contribution in [-0.2, 0) is 0 Å². The minimum absolute atomic E-state index is 0.0376. The first kappa shape index (κ1) is 19.7. The second kappa shape index (κ2) is 7.91. The van der Waals surface area contributed by atoms with E-state index < -0.39 is 5.60 Å². The second-order valence-electron chi connectivity index (χ2n) is 7.53. The number of hydrogen-bond donors (Lipinski definition) is 1. The van der Waals surface area contributed by atoms with Crippen molar-refractivity contribution in [2.75, 3.05) is 19.7 Å². The monoisotopic (exact) mass is 387 g/mol. The molecule has 0 saturated carbocycles. The van der Waals surface area contributed by atoms with Crippen LogP contribution in [0.5, 0.6) is 5.75 Å². The van der Waals surface area contributed by atoms with Gasteiger partial charge in [-0.25, -0.2) is 0 Å². The van der Waals surface area contributed by atoms with Crippen LogP contribution in [0.3, 0.4) is 0 Å². The van der Waals surface area contributed by atoms with Crippen molar-refractivity contribution in [3.63, 3.8) is 0 Å². The Labute approximate surface area is 165 Å². The lowest BCUT2D eigenvalue weighted by molar-refractivity contribution is -0.0532. The Morgan fingerprint density at radius 3 is 2.52 bits per heavy atom. The summed E-state index contributed by atoms with van der Waals surface area (Å²) in [6.45, 7) is 6.85. The van der Waals surface area contributed by atoms with Crippen LogP contribution in [0, 0.1) is 20.8 Å². The molecule has 1 N–H and O–H groups in total. The molecule has 5 heteroatoms. The Kier molecular flexibility index (Phi) is 5.78. The van der Waals surface area contributed by atoms with Gasteiger partial charge >= 0.3 is 0 Å². The first-order valence-corrected chi connectivity index (χ1v) is 9.64. The largest absolute Gasteiger partial charge is 0.491 e. The summed E-state index contributed by atoms with van der Waals surface area (Å²) in [5.41, 5.74) is 2.46. The van der Waals surface area contributed by atoms with E-state index in [4.69, 9.17) is 16.3 Å². The van der Waals surface area contributed by atoms with E-state index in [-0.39, 0.29) is 19.1 Å². The zero-order valence-electron chi connectivity index (χ0n) is 16.1. The molecule has 0 aliphatic carbocycles. The van der Waals surface area contributed by atoms with Gasteiger partial charge in [0.1, 0.15) is 18.0 Å². The molecule has 1 saturated heterocycles. The van der Waals surface area contributed by atoms with E-state index in [0.717, 1.165) is 28.1 Å². The molecule has 3 rings (SSSR count). The summed E-state index contributed by atoms with van der Waals surface area (Å²) in [6.07, 6.45) is 1.35. The minimum atomic E-state index is -1.06. The van der Waals surface area contributed by atoms with Gasteiger partial charge in [0.05, 0.1) is 6.54 Å². The van der Waals surface area contributed by atoms with Crippen LogP contribution in [0.1, 0.15) is 39.9 Å². The molecule has 1 heterocycles. The SMILES string of the molecule is Cc1ccccc1C(=O)N1CCCC(O)(COc2cc(C)c(Cl)c(C)c2)C1. The van der Waals surface area contributed by atoms with E-state index >= 15 is 0 Å². The topological polar surface area (TPSA) is 49.8 Å². The van der Waals surface area contributed by atoms with E-state index in [1.165, 1.54) is 0 Å². The van der Waals surface area contributed by atoms with E-state index in [1.807, 2.05) is 57.2 Å². The number of aliphatic hydroxyl groups is 1. The van der Waals surface area contributed by atoms with Crippen LogP contribution in [0.25, 0.3) is 0 Å². The van der Waals surface area contributed by atoms with Crippen molar-refractivity contribution in [1.82, 2.24) is 4.90 Å². The molecule has 0 bridgehead atoms. The van der Waals surface area contributed by atoms with Crippen molar-refractivity contribution in [3.8, 4) is 5.75 Å². The van der Waals surface area contributed by atoms with Crippen LogP contribution in [0.15, 0.2) is 36.4 Å². The van der Waals surface area contributed by atoms with Gasteiger partial charge in [0, 0.05) is 17.1 Å². The van der Waals surface area contributed by atoms with Gasteiger partial charge in [-0.1, -0.05) is 29.8 Å². The Balaban J connectivity index is 1.69. The number of ether oxygens (including phenoxy) is 1. The lowest BCUT2D eigenvalue weighted by Gasteiger charge is -2.39. The van der Waals surface area contributed by atoms with Gasteiger partial charge in [0.15, 0.2) is 0 Å². The van der Waals surface area contributed by atoms with Gasteiger partial charge in [-0.2, -0.15) is 0 Å². The number of aryl methyl sites for hydroxylation is 3. The number of benzene rings is 2. The average molecular weight is 388 g/mol. The molecule has 1 atom stereocenters. The summed E-state index contributed by atoms with van der Waals surface area (Å²) in [6, 6.07) is 11.3. The fourth-order valence-electron chi connectivity index (χ4n) is 3.59. The van der Waals surface area contributed by atoms with Crippen LogP contribution in [0.2, 0.25) is 5.02 Å². The average Bonchev–Trinajstić information content (AvgIpc) is 2.64. The molecule has 2 aromatic rings. The van der Waals surface area contributed by atoms with Gasteiger partial charge < -0.3 is 14.7 Å². The number of carbonyl (C=O) groups excluding carboxylic acids is 1. The molecular weight excluding hydrogens is 362 g/mol. The first-order chi connectivity index (χ1) is 12.8. The third-order valence-corrected chi connectivity index (χ3v) is 5.73. The maximum absolute atomic E-state index is 12.9. The van der Waals surface area contributed by atoms with E-state index in [2.05, 4.69) is 0 Å². The maximum atomic E-state index is 12.9. The van der Waals surface area contributed by atoms with Crippen LogP contribution in [0.4, 0.5) is 0 Å². The summed E-state index contributed by atoms with van der Waals surface area (Å²) in [5.74, 6) is 0.648. The maximum Gasteiger partial charge on any atom is 0.254 e. The number of piperidine rings is 1. The molecule has 27 heavy (non-hydrogen) atoms. The summed E-state index contributed by atoms with van der Waals surface area (Å²) >= 11 is 6.20. The lowest BCUT2D eigenvalue weighted by atomic mass is 9.93. The van der Waals surface area contributed by atoms with Crippen LogP contribution < -0.4 is 4.74 Å². The van der Waals surface area contributed by atoms with E-state index in [0.29, 0.717) is 24.3 Å². The normalized spacial score (nSPS) is 19.8. The summed E-state index contributed by atoms with van der Waals surface area (Å²) in [5, 5.41) is 11.7. The van der Waals surface area contributed by atoms with Gasteiger partial charge in [-0.15, -0.1) is 0 Å². The van der Waals surface area contributed by atoms with E-state index in [9.17, 15) is 9.90 Å². The quantitative estimate of drug-likeness (QED) is 0.850. The molecule has 1 amide bonds. The van der Waals surface area contributed by atoms with Crippen molar-refractivity contribution in [3.05, 3.63) is 63.7 Å². The molecule has 4 nitrogen and oxygen atoms in total. The first-order valence-electron chi connectivity index (χ1n) is 9.26. The predicted molar refractivity (Wildman–Crippen MR) is 108 cm³/mol. The third kappa shape index (κ3) is 4.45. The highest BCUT2D eigenvalue weighted by molar-refractivity contribution is 6.32. The van der Waals surface area contributed by atoms with Crippen LogP contribution in [-0.4, -0.2) is 41.2 Å². The smallest absolute Gasteiger partial charge is 0.254 e. The highest BCUT2D eigenvalue weighted by Gasteiger charge is 2.36. The molecule has 1 fully saturated rings. The highest BCUT2D eigenvalue weighted by atomic mass is 35.5. The number of nitrogens with zero attached hydrogens (tertiary/aromatic N) is 1. The predicted octanol–water partition coefficient (Wildman–Crippen LogP) is 4.31. The molecule has 0 radical (unpaired) electrons. The molecule has 0 aromatic heterocycles. The zero-order chi connectivity index (χ0) is 19.6. The second-order valence-corrected chi connectivity index (χ2v) is 7.91. The lowest BCUT2D eigenvalue weighted by Crippen LogP contribution is -2.53. The van der Waals surface area contributed by atoms with Crippen molar-refractivity contribution < 1.29 is 14.6 Å². The van der Waals surface area contributed by atoms with Gasteiger partial charge in [0.25, 0.3) is 5.91 Å². The fraction of sp³-hybridized carbons (Fsp3) is 0.409. The molecular formula is C22H26ClNO3. The number of amides is 1. The Hall–Kier alpha value is -2.04. The standard InChI is InChI=1S/C22H26ClNO3/c1-15-7-4-5-8-19(15)21(25)24-10-6-9-22(26,13-24)14-27-18-11-16(2)20(23)17(3)12-18/h4-5,7-8,11-12,26H,6,9-10,13-14H2,1-3H3. The number of rotatable bonds is 4. The van der Waals surface area contributed by atoms with Crippen molar-refractivity contribution in [2.45, 2.75) is 39.2 Å². The fourth-order valence-corrected chi connectivity index (χ4v) is 3.70. The van der Waals surface area contributed by atoms with E-state index in [1.54, 1.807) is 4.90 Å². The van der Waals surface area contributed by atoms with Gasteiger partial charge in [-0.05, 0) is 68.5 Å². The van der Waals surface area contributed by atoms with Crippen molar-refractivity contribution in [2.24, 2.45) is 0 Å². The third-order valence-electron chi connectivity index (χ3n) is 5.14. The molecule has 144 valence electrons. The molecule has 2 aromatic carbocycles. The van der Waals surface area contributed by atoms with Gasteiger partial charge in [-0.3, -0.25) is 4.79 Å². The Morgan fingerprint density at radius 2 is 1.85 bits per heavy atom. The van der Waals surface area contributed by atoms with Crippen molar-refractivity contribution >= 4 is 17.5 Å². The molecule has 0 spiro atoms. The molecule has 1 aliphatic heterocycles. The number of halogens is 1.